The van der Waals surface area contributed by atoms with Gasteiger partial charge in [-0.3, -0.25) is 0 Å². The van der Waals surface area contributed by atoms with E-state index in [1.54, 1.807) is 7.11 Å². The van der Waals surface area contributed by atoms with Crippen LogP contribution in [0.2, 0.25) is 0 Å². The van der Waals surface area contributed by atoms with E-state index in [-0.39, 0.29) is 6.04 Å². The lowest BCUT2D eigenvalue weighted by Crippen LogP contribution is -2.24. The third kappa shape index (κ3) is 3.72. The van der Waals surface area contributed by atoms with Crippen LogP contribution in [0.4, 0.5) is 0 Å². The fourth-order valence-electron chi connectivity index (χ4n) is 2.53. The zero-order valence-electron chi connectivity index (χ0n) is 11.1. The maximum Gasteiger partial charge on any atom is 0.122 e. The molecule has 1 aromatic rings. The first kappa shape index (κ1) is 13.4. The zero-order chi connectivity index (χ0) is 12.8. The zero-order valence-corrected chi connectivity index (χ0v) is 11.1. The SMILES string of the molecule is COc1ccccc1CC(N)CCC1CCCO1. The number of methoxy groups -OCH3 is 1. The molecule has 2 unspecified atom stereocenters. The van der Waals surface area contributed by atoms with Crippen LogP contribution in [0.1, 0.15) is 31.2 Å². The summed E-state index contributed by atoms with van der Waals surface area (Å²) in [6.07, 6.45) is 5.80. The standard InChI is InChI=1S/C15H23NO2/c1-17-15-7-3-2-5-12(15)11-13(16)8-9-14-6-4-10-18-14/h2-3,5,7,13-14H,4,6,8-11,16H2,1H3. The summed E-state index contributed by atoms with van der Waals surface area (Å²) in [5.41, 5.74) is 7.39. The average molecular weight is 249 g/mol. The van der Waals surface area contributed by atoms with Crippen LogP contribution in [0.25, 0.3) is 0 Å². The maximum absolute atomic E-state index is 6.20. The van der Waals surface area contributed by atoms with E-state index in [1.807, 2.05) is 18.2 Å². The molecule has 1 heterocycles. The number of hydrogen-bond acceptors (Lipinski definition) is 3. The number of nitrogens with two attached hydrogens (primary N) is 1. The lowest BCUT2D eigenvalue weighted by atomic mass is 9.99. The van der Waals surface area contributed by atoms with E-state index in [9.17, 15) is 0 Å². The van der Waals surface area contributed by atoms with E-state index in [0.717, 1.165) is 31.6 Å². The molecule has 1 fully saturated rings. The molecular weight excluding hydrogens is 226 g/mol. The van der Waals surface area contributed by atoms with E-state index in [4.69, 9.17) is 15.2 Å². The number of para-hydroxylation sites is 1. The van der Waals surface area contributed by atoms with Gasteiger partial charge in [0.2, 0.25) is 0 Å². The Morgan fingerprint density at radius 3 is 3.00 bits per heavy atom. The highest BCUT2D eigenvalue weighted by Gasteiger charge is 2.17. The minimum absolute atomic E-state index is 0.186. The van der Waals surface area contributed by atoms with E-state index >= 15 is 0 Å². The van der Waals surface area contributed by atoms with Crippen LogP contribution in [0.5, 0.6) is 5.75 Å². The lowest BCUT2D eigenvalue weighted by Gasteiger charge is -2.16. The molecule has 1 aromatic carbocycles. The summed E-state index contributed by atoms with van der Waals surface area (Å²) in [6, 6.07) is 8.28. The first-order chi connectivity index (χ1) is 8.79. The lowest BCUT2D eigenvalue weighted by molar-refractivity contribution is 0.101. The van der Waals surface area contributed by atoms with Crippen molar-refractivity contribution in [1.29, 1.82) is 0 Å². The van der Waals surface area contributed by atoms with Crippen LogP contribution in [0, 0.1) is 0 Å². The van der Waals surface area contributed by atoms with Gasteiger partial charge in [0.1, 0.15) is 5.75 Å². The maximum atomic E-state index is 6.20. The van der Waals surface area contributed by atoms with E-state index in [1.165, 1.54) is 18.4 Å². The Morgan fingerprint density at radius 2 is 2.28 bits per heavy atom. The van der Waals surface area contributed by atoms with Crippen molar-refractivity contribution in [2.24, 2.45) is 5.73 Å². The van der Waals surface area contributed by atoms with Gasteiger partial charge >= 0.3 is 0 Å². The van der Waals surface area contributed by atoms with Gasteiger partial charge in [0.15, 0.2) is 0 Å². The summed E-state index contributed by atoms with van der Waals surface area (Å²) < 4.78 is 11.0. The monoisotopic (exact) mass is 249 g/mol. The van der Waals surface area contributed by atoms with Crippen molar-refractivity contribution < 1.29 is 9.47 Å². The summed E-state index contributed by atoms with van der Waals surface area (Å²) in [6.45, 7) is 0.923. The second-order valence-electron chi connectivity index (χ2n) is 4.99. The summed E-state index contributed by atoms with van der Waals surface area (Å²) >= 11 is 0. The van der Waals surface area contributed by atoms with E-state index in [0.29, 0.717) is 6.10 Å². The highest BCUT2D eigenvalue weighted by Crippen LogP contribution is 2.21. The molecular formula is C15H23NO2. The first-order valence-electron chi connectivity index (χ1n) is 6.78. The molecule has 0 aliphatic carbocycles. The van der Waals surface area contributed by atoms with Crippen molar-refractivity contribution in [1.82, 2.24) is 0 Å². The second kappa shape index (κ2) is 6.76. The Hall–Kier alpha value is -1.06. The second-order valence-corrected chi connectivity index (χ2v) is 4.99. The number of hydrogen-bond donors (Lipinski definition) is 1. The van der Waals surface area contributed by atoms with Gasteiger partial charge in [0, 0.05) is 12.6 Å². The van der Waals surface area contributed by atoms with Gasteiger partial charge in [-0.2, -0.15) is 0 Å². The van der Waals surface area contributed by atoms with Gasteiger partial charge in [0.25, 0.3) is 0 Å². The fourth-order valence-corrected chi connectivity index (χ4v) is 2.53. The Balaban J connectivity index is 1.80. The Morgan fingerprint density at radius 1 is 1.44 bits per heavy atom. The van der Waals surface area contributed by atoms with Crippen LogP contribution >= 0.6 is 0 Å². The Kier molecular flexibility index (Phi) is 5.02. The summed E-state index contributed by atoms with van der Waals surface area (Å²) in [4.78, 5) is 0. The van der Waals surface area contributed by atoms with Crippen molar-refractivity contribution in [2.45, 2.75) is 44.2 Å². The molecule has 0 spiro atoms. The largest absolute Gasteiger partial charge is 0.496 e. The van der Waals surface area contributed by atoms with E-state index < -0.39 is 0 Å². The molecule has 2 atom stereocenters. The molecule has 0 saturated carbocycles. The van der Waals surface area contributed by atoms with Crippen LogP contribution in [0.15, 0.2) is 24.3 Å². The summed E-state index contributed by atoms with van der Waals surface area (Å²) in [5.74, 6) is 0.935. The smallest absolute Gasteiger partial charge is 0.122 e. The van der Waals surface area contributed by atoms with Crippen LogP contribution < -0.4 is 10.5 Å². The topological polar surface area (TPSA) is 44.5 Å². The highest BCUT2D eigenvalue weighted by atomic mass is 16.5. The third-order valence-corrected chi connectivity index (χ3v) is 3.56. The molecule has 1 saturated heterocycles. The molecule has 100 valence electrons. The molecule has 3 heteroatoms. The first-order valence-corrected chi connectivity index (χ1v) is 6.78. The van der Waals surface area contributed by atoms with Crippen LogP contribution in [0.3, 0.4) is 0 Å². The van der Waals surface area contributed by atoms with Gasteiger partial charge in [-0.25, -0.2) is 0 Å². The van der Waals surface area contributed by atoms with Crippen molar-refractivity contribution in [3.05, 3.63) is 29.8 Å². The number of rotatable bonds is 6. The molecule has 18 heavy (non-hydrogen) atoms. The Bertz CT molecular complexity index is 361. The molecule has 3 nitrogen and oxygen atoms in total. The van der Waals surface area contributed by atoms with Gasteiger partial charge in [0.05, 0.1) is 13.2 Å². The number of ether oxygens (including phenoxy) is 2. The molecule has 0 amide bonds. The van der Waals surface area contributed by atoms with Crippen molar-refractivity contribution in [2.75, 3.05) is 13.7 Å². The highest BCUT2D eigenvalue weighted by molar-refractivity contribution is 5.33. The summed E-state index contributed by atoms with van der Waals surface area (Å²) in [5, 5.41) is 0. The summed E-state index contributed by atoms with van der Waals surface area (Å²) in [7, 11) is 1.71. The predicted octanol–water partition coefficient (Wildman–Crippen LogP) is 2.52. The Labute approximate surface area is 109 Å². The fraction of sp³-hybridized carbons (Fsp3) is 0.600. The quantitative estimate of drug-likeness (QED) is 0.842. The van der Waals surface area contributed by atoms with Crippen molar-refractivity contribution in [3.8, 4) is 5.75 Å². The van der Waals surface area contributed by atoms with Gasteiger partial charge in [-0.05, 0) is 43.7 Å². The van der Waals surface area contributed by atoms with Gasteiger partial charge in [-0.15, -0.1) is 0 Å². The third-order valence-electron chi connectivity index (χ3n) is 3.56. The minimum Gasteiger partial charge on any atom is -0.496 e. The van der Waals surface area contributed by atoms with Crippen LogP contribution in [-0.2, 0) is 11.2 Å². The molecule has 2 N–H and O–H groups in total. The number of benzene rings is 1. The van der Waals surface area contributed by atoms with Gasteiger partial charge in [-0.1, -0.05) is 18.2 Å². The molecule has 1 aliphatic rings. The molecule has 0 bridgehead atoms. The van der Waals surface area contributed by atoms with Crippen LogP contribution in [-0.4, -0.2) is 25.9 Å². The van der Waals surface area contributed by atoms with E-state index in [2.05, 4.69) is 6.07 Å². The van der Waals surface area contributed by atoms with Crippen molar-refractivity contribution in [3.63, 3.8) is 0 Å². The molecule has 0 aromatic heterocycles. The minimum atomic E-state index is 0.186. The molecule has 0 radical (unpaired) electrons. The van der Waals surface area contributed by atoms with Gasteiger partial charge < -0.3 is 15.2 Å². The normalized spacial score (nSPS) is 20.9. The predicted molar refractivity (Wildman–Crippen MR) is 72.9 cm³/mol. The average Bonchev–Trinajstić information content (AvgIpc) is 2.90. The molecule has 1 aliphatic heterocycles. The van der Waals surface area contributed by atoms with Crippen molar-refractivity contribution >= 4 is 0 Å². The molecule has 2 rings (SSSR count).